The Kier molecular flexibility index (Phi) is 4.03. The molecule has 0 spiro atoms. The highest BCUT2D eigenvalue weighted by atomic mass is 32.1. The van der Waals surface area contributed by atoms with Gasteiger partial charge in [-0.3, -0.25) is 4.79 Å². The van der Waals surface area contributed by atoms with Gasteiger partial charge in [-0.2, -0.15) is 4.98 Å². The topological polar surface area (TPSA) is 80.0 Å². The van der Waals surface area contributed by atoms with Gasteiger partial charge in [-0.15, -0.1) is 0 Å². The lowest BCUT2D eigenvalue weighted by atomic mass is 10.1. The van der Waals surface area contributed by atoms with Crippen molar-refractivity contribution in [2.24, 2.45) is 0 Å². The third-order valence-electron chi connectivity index (χ3n) is 3.18. The van der Waals surface area contributed by atoms with E-state index in [1.54, 1.807) is 12.3 Å². The van der Waals surface area contributed by atoms with Gasteiger partial charge in [0.2, 0.25) is 11.8 Å². The number of benzene rings is 1. The molecule has 0 saturated carbocycles. The molecule has 7 heteroatoms. The van der Waals surface area contributed by atoms with Gasteiger partial charge in [0.1, 0.15) is 0 Å². The van der Waals surface area contributed by atoms with Gasteiger partial charge in [0.05, 0.1) is 0 Å². The Labute approximate surface area is 137 Å². The predicted molar refractivity (Wildman–Crippen MR) is 92.0 cm³/mol. The smallest absolute Gasteiger partial charge is 0.228 e. The number of thiocarbonyl (C=S) groups is 1. The summed E-state index contributed by atoms with van der Waals surface area (Å²) in [4.78, 5) is 19.5. The molecule has 2 aromatic heterocycles. The number of pyridine rings is 1. The Morgan fingerprint density at radius 3 is 2.83 bits per heavy atom. The molecule has 1 amide bonds. The molecule has 3 rings (SSSR count). The van der Waals surface area contributed by atoms with Crippen molar-refractivity contribution in [3.63, 3.8) is 0 Å². The quantitative estimate of drug-likeness (QED) is 0.705. The number of hydrogen-bond donors (Lipinski definition) is 2. The number of nitrogens with zero attached hydrogens (tertiary/aromatic N) is 2. The second kappa shape index (κ2) is 6.13. The van der Waals surface area contributed by atoms with Gasteiger partial charge < -0.3 is 15.1 Å². The molecule has 3 aromatic rings. The maximum atomic E-state index is 11.0. The number of amides is 1. The molecule has 0 fully saturated rings. The molecule has 6 nitrogen and oxygen atoms in total. The number of anilines is 1. The average molecular weight is 326 g/mol. The van der Waals surface area contributed by atoms with Crippen LogP contribution in [0.4, 0.5) is 5.69 Å². The summed E-state index contributed by atoms with van der Waals surface area (Å²) in [6.45, 7) is 3.34. The third-order valence-corrected chi connectivity index (χ3v) is 3.38. The van der Waals surface area contributed by atoms with E-state index in [2.05, 4.69) is 20.6 Å². The number of nitrogens with one attached hydrogen (secondary N) is 2. The molecule has 2 heterocycles. The Morgan fingerprint density at radius 1 is 1.30 bits per heavy atom. The highest BCUT2D eigenvalue weighted by molar-refractivity contribution is 7.80. The number of carbonyl (C=O) groups is 1. The number of aromatic nitrogens is 2. The van der Waals surface area contributed by atoms with Gasteiger partial charge >= 0.3 is 0 Å². The van der Waals surface area contributed by atoms with Crippen molar-refractivity contribution in [2.45, 2.75) is 13.8 Å². The lowest BCUT2D eigenvalue weighted by Gasteiger charge is -2.11. The van der Waals surface area contributed by atoms with Crippen LogP contribution in [0.1, 0.15) is 12.5 Å². The Balaban J connectivity index is 1.86. The van der Waals surface area contributed by atoms with Gasteiger partial charge in [-0.25, -0.2) is 4.98 Å². The van der Waals surface area contributed by atoms with Gasteiger partial charge in [0.15, 0.2) is 16.3 Å². The van der Waals surface area contributed by atoms with Crippen LogP contribution in [-0.2, 0) is 4.79 Å². The van der Waals surface area contributed by atoms with E-state index in [9.17, 15) is 4.79 Å². The zero-order chi connectivity index (χ0) is 16.4. The van der Waals surface area contributed by atoms with Crippen molar-refractivity contribution < 1.29 is 9.21 Å². The van der Waals surface area contributed by atoms with E-state index in [4.69, 9.17) is 16.6 Å². The minimum absolute atomic E-state index is 0.212. The van der Waals surface area contributed by atoms with Crippen LogP contribution in [0.5, 0.6) is 0 Å². The Morgan fingerprint density at radius 2 is 2.13 bits per heavy atom. The van der Waals surface area contributed by atoms with Crippen LogP contribution in [0.25, 0.3) is 22.7 Å². The zero-order valence-electron chi connectivity index (χ0n) is 12.6. The van der Waals surface area contributed by atoms with Crippen LogP contribution in [0.15, 0.2) is 40.9 Å². The van der Waals surface area contributed by atoms with E-state index in [0.29, 0.717) is 17.1 Å². The predicted octanol–water partition coefficient (Wildman–Crippen LogP) is 3.03. The number of carbonyl (C=O) groups excluding carboxylic acids is 1. The SMILES string of the molecule is CC(=O)NC(=S)Nc1ccc(-c2nc3ncccc3o2)cc1C. The largest absolute Gasteiger partial charge is 0.434 e. The molecule has 0 bridgehead atoms. The van der Waals surface area contributed by atoms with Crippen LogP contribution in [0.2, 0.25) is 0 Å². The number of aryl methyl sites for hydroxylation is 1. The normalized spacial score (nSPS) is 10.5. The first-order chi connectivity index (χ1) is 11.0. The Hall–Kier alpha value is -2.80. The molecule has 116 valence electrons. The summed E-state index contributed by atoms with van der Waals surface area (Å²) in [5.74, 6) is 0.300. The molecule has 1 aromatic carbocycles. The summed E-state index contributed by atoms with van der Waals surface area (Å²) in [5, 5.41) is 5.77. The van der Waals surface area contributed by atoms with Crippen molar-refractivity contribution in [1.29, 1.82) is 0 Å². The van der Waals surface area contributed by atoms with E-state index in [1.165, 1.54) is 6.92 Å². The van der Waals surface area contributed by atoms with Crippen molar-refractivity contribution in [1.82, 2.24) is 15.3 Å². The molecule has 2 N–H and O–H groups in total. The highest BCUT2D eigenvalue weighted by Crippen LogP contribution is 2.26. The van der Waals surface area contributed by atoms with Gasteiger partial charge in [0.25, 0.3) is 0 Å². The summed E-state index contributed by atoms with van der Waals surface area (Å²) < 4.78 is 5.71. The van der Waals surface area contributed by atoms with Crippen LogP contribution >= 0.6 is 12.2 Å². The second-order valence-corrected chi connectivity index (χ2v) is 5.42. The molecular formula is C16H14N4O2S. The fraction of sp³-hybridized carbons (Fsp3) is 0.125. The molecular weight excluding hydrogens is 312 g/mol. The summed E-state index contributed by atoms with van der Waals surface area (Å²) in [7, 11) is 0. The van der Waals surface area contributed by atoms with Crippen molar-refractivity contribution >= 4 is 40.2 Å². The van der Waals surface area contributed by atoms with Crippen LogP contribution in [0, 0.1) is 6.92 Å². The van der Waals surface area contributed by atoms with Gasteiger partial charge in [-0.05, 0) is 55.0 Å². The molecule has 0 radical (unpaired) electrons. The maximum Gasteiger partial charge on any atom is 0.228 e. The average Bonchev–Trinajstić information content (AvgIpc) is 2.92. The molecule has 0 aliphatic rings. The van der Waals surface area contributed by atoms with Crippen molar-refractivity contribution in [3.05, 3.63) is 42.1 Å². The van der Waals surface area contributed by atoms with Crippen LogP contribution in [-0.4, -0.2) is 21.0 Å². The highest BCUT2D eigenvalue weighted by Gasteiger charge is 2.10. The minimum Gasteiger partial charge on any atom is -0.434 e. The standard InChI is InChI=1S/C16H14N4O2S/c1-9-8-11(5-6-12(9)19-16(23)18-10(2)21)15-20-14-13(22-15)4-3-7-17-14/h3-8H,1-2H3,(H2,18,19,21,23). The van der Waals surface area contributed by atoms with Crippen molar-refractivity contribution in [2.75, 3.05) is 5.32 Å². The monoisotopic (exact) mass is 326 g/mol. The molecule has 0 aliphatic heterocycles. The first-order valence-electron chi connectivity index (χ1n) is 6.94. The number of oxazole rings is 1. The van der Waals surface area contributed by atoms with E-state index in [1.807, 2.05) is 31.2 Å². The molecule has 23 heavy (non-hydrogen) atoms. The van der Waals surface area contributed by atoms with E-state index in [0.717, 1.165) is 16.8 Å². The first kappa shape index (κ1) is 15.1. The van der Waals surface area contributed by atoms with Gasteiger partial charge in [-0.1, -0.05) is 0 Å². The Bertz CT molecular complexity index is 871. The van der Waals surface area contributed by atoms with Crippen molar-refractivity contribution in [3.8, 4) is 11.5 Å². The number of fused-ring (bicyclic) bond motifs is 1. The summed E-state index contributed by atoms with van der Waals surface area (Å²) in [6.07, 6.45) is 1.68. The van der Waals surface area contributed by atoms with E-state index in [-0.39, 0.29) is 11.0 Å². The zero-order valence-corrected chi connectivity index (χ0v) is 13.4. The lowest BCUT2D eigenvalue weighted by molar-refractivity contribution is -0.117. The molecule has 0 aliphatic carbocycles. The van der Waals surface area contributed by atoms with Crippen LogP contribution in [0.3, 0.4) is 0 Å². The maximum absolute atomic E-state index is 11.0. The molecule has 0 atom stereocenters. The first-order valence-corrected chi connectivity index (χ1v) is 7.35. The van der Waals surface area contributed by atoms with E-state index < -0.39 is 0 Å². The van der Waals surface area contributed by atoms with Gasteiger partial charge in [0, 0.05) is 24.4 Å². The van der Waals surface area contributed by atoms with E-state index >= 15 is 0 Å². The number of rotatable bonds is 2. The summed E-state index contributed by atoms with van der Waals surface area (Å²) in [6, 6.07) is 9.30. The lowest BCUT2D eigenvalue weighted by Crippen LogP contribution is -2.32. The summed E-state index contributed by atoms with van der Waals surface area (Å²) in [5.41, 5.74) is 3.83. The second-order valence-electron chi connectivity index (χ2n) is 5.01. The number of hydrogen-bond acceptors (Lipinski definition) is 5. The molecule has 0 unspecified atom stereocenters. The molecule has 0 saturated heterocycles. The fourth-order valence-electron chi connectivity index (χ4n) is 2.14. The fourth-order valence-corrected chi connectivity index (χ4v) is 2.40. The summed E-state index contributed by atoms with van der Waals surface area (Å²) >= 11 is 5.06. The third kappa shape index (κ3) is 3.35. The minimum atomic E-state index is -0.212. The van der Waals surface area contributed by atoms with Crippen LogP contribution < -0.4 is 10.6 Å².